The van der Waals surface area contributed by atoms with Crippen molar-refractivity contribution in [2.75, 3.05) is 5.43 Å². The highest BCUT2D eigenvalue weighted by atomic mass is 79.9. The molecule has 0 radical (unpaired) electrons. The summed E-state index contributed by atoms with van der Waals surface area (Å²) in [5, 5.41) is 4.94. The third-order valence-corrected chi connectivity index (χ3v) is 5.06. The van der Waals surface area contributed by atoms with Gasteiger partial charge in [-0.2, -0.15) is 5.10 Å². The van der Waals surface area contributed by atoms with Gasteiger partial charge in [0.15, 0.2) is 11.6 Å². The Bertz CT molecular complexity index is 1150. The van der Waals surface area contributed by atoms with Crippen molar-refractivity contribution < 1.29 is 0 Å². The molecular formula is C23H16BrClN4. The maximum absolute atomic E-state index is 6.18. The minimum Gasteiger partial charge on any atom is -0.261 e. The molecule has 0 aliphatic rings. The summed E-state index contributed by atoms with van der Waals surface area (Å²) in [6.07, 6.45) is 1.67. The summed E-state index contributed by atoms with van der Waals surface area (Å²) in [7, 11) is 0. The highest BCUT2D eigenvalue weighted by Gasteiger charge is 2.09. The number of rotatable bonds is 5. The molecule has 0 saturated heterocycles. The lowest BCUT2D eigenvalue weighted by Crippen LogP contribution is -1.99. The Morgan fingerprint density at radius 3 is 2.31 bits per heavy atom. The van der Waals surface area contributed by atoms with E-state index in [1.807, 2.05) is 84.9 Å². The first-order valence-corrected chi connectivity index (χ1v) is 10.1. The average Bonchev–Trinajstić information content (AvgIpc) is 2.76. The van der Waals surface area contributed by atoms with Crippen molar-refractivity contribution in [1.29, 1.82) is 0 Å². The van der Waals surface area contributed by atoms with Crippen LogP contribution in [0.3, 0.4) is 0 Å². The van der Waals surface area contributed by atoms with Gasteiger partial charge >= 0.3 is 0 Å². The van der Waals surface area contributed by atoms with Crippen LogP contribution in [0.5, 0.6) is 0 Å². The summed E-state index contributed by atoms with van der Waals surface area (Å²) in [4.78, 5) is 9.37. The standard InChI is InChI=1S/C23H16BrClN4/c24-19-12-10-17(11-13-19)23-27-21(16-6-2-1-3-7-16)14-22(28-23)29-26-15-18-8-4-5-9-20(18)25/h1-15H,(H,27,28,29)/b26-15-. The molecule has 0 aliphatic heterocycles. The van der Waals surface area contributed by atoms with Crippen LogP contribution in [-0.4, -0.2) is 16.2 Å². The van der Waals surface area contributed by atoms with Crippen LogP contribution < -0.4 is 5.43 Å². The lowest BCUT2D eigenvalue weighted by Gasteiger charge is -2.08. The van der Waals surface area contributed by atoms with E-state index in [2.05, 4.69) is 31.4 Å². The molecule has 0 unspecified atom stereocenters. The quantitative estimate of drug-likeness (QED) is 0.265. The van der Waals surface area contributed by atoms with Crippen LogP contribution in [0.2, 0.25) is 5.02 Å². The van der Waals surface area contributed by atoms with E-state index in [4.69, 9.17) is 16.6 Å². The Kier molecular flexibility index (Phi) is 5.98. The summed E-state index contributed by atoms with van der Waals surface area (Å²) >= 11 is 9.64. The Hall–Kier alpha value is -3.02. The van der Waals surface area contributed by atoms with E-state index < -0.39 is 0 Å². The van der Waals surface area contributed by atoms with Crippen molar-refractivity contribution in [3.05, 3.63) is 100.0 Å². The summed E-state index contributed by atoms with van der Waals surface area (Å²) in [5.74, 6) is 1.22. The third-order valence-electron chi connectivity index (χ3n) is 4.19. The molecule has 0 aliphatic carbocycles. The fraction of sp³-hybridized carbons (Fsp3) is 0. The van der Waals surface area contributed by atoms with Crippen LogP contribution in [0.4, 0.5) is 5.82 Å². The minimum absolute atomic E-state index is 0.597. The minimum atomic E-state index is 0.597. The number of benzene rings is 3. The molecule has 6 heteroatoms. The Balaban J connectivity index is 1.69. The van der Waals surface area contributed by atoms with Crippen LogP contribution in [0.1, 0.15) is 5.56 Å². The highest BCUT2D eigenvalue weighted by molar-refractivity contribution is 9.10. The van der Waals surface area contributed by atoms with E-state index in [0.29, 0.717) is 16.7 Å². The lowest BCUT2D eigenvalue weighted by atomic mass is 10.1. The van der Waals surface area contributed by atoms with Crippen molar-refractivity contribution in [1.82, 2.24) is 9.97 Å². The van der Waals surface area contributed by atoms with Gasteiger partial charge in [0.2, 0.25) is 0 Å². The third kappa shape index (κ3) is 4.88. The molecule has 1 aromatic heterocycles. The van der Waals surface area contributed by atoms with Crippen molar-refractivity contribution in [3.8, 4) is 22.6 Å². The topological polar surface area (TPSA) is 50.2 Å². The van der Waals surface area contributed by atoms with Gasteiger partial charge in [-0.3, -0.25) is 5.43 Å². The Morgan fingerprint density at radius 2 is 1.55 bits per heavy atom. The summed E-state index contributed by atoms with van der Waals surface area (Å²) < 4.78 is 1.00. The van der Waals surface area contributed by atoms with Crippen molar-refractivity contribution >= 4 is 39.6 Å². The normalized spacial score (nSPS) is 11.0. The highest BCUT2D eigenvalue weighted by Crippen LogP contribution is 2.25. The van der Waals surface area contributed by atoms with E-state index in [-0.39, 0.29) is 0 Å². The molecular weight excluding hydrogens is 448 g/mol. The molecule has 29 heavy (non-hydrogen) atoms. The molecule has 4 nitrogen and oxygen atoms in total. The molecule has 4 rings (SSSR count). The largest absolute Gasteiger partial charge is 0.261 e. The van der Waals surface area contributed by atoms with E-state index in [0.717, 1.165) is 26.9 Å². The second kappa shape index (κ2) is 8.99. The van der Waals surface area contributed by atoms with E-state index >= 15 is 0 Å². The smallest absolute Gasteiger partial charge is 0.162 e. The number of halogens is 2. The molecule has 0 saturated carbocycles. The molecule has 4 aromatic rings. The zero-order valence-electron chi connectivity index (χ0n) is 15.3. The SMILES string of the molecule is Clc1ccccc1/C=N\Nc1cc(-c2ccccc2)nc(-c2ccc(Br)cc2)n1. The molecule has 0 atom stereocenters. The lowest BCUT2D eigenvalue weighted by molar-refractivity contribution is 1.15. The average molecular weight is 464 g/mol. The van der Waals surface area contributed by atoms with Gasteiger partial charge in [0.05, 0.1) is 11.9 Å². The van der Waals surface area contributed by atoms with E-state index in [1.165, 1.54) is 0 Å². The second-order valence-corrected chi connectivity index (χ2v) is 7.55. The number of nitrogens with zero attached hydrogens (tertiary/aromatic N) is 3. The van der Waals surface area contributed by atoms with Gasteiger partial charge in [0, 0.05) is 32.3 Å². The predicted octanol–water partition coefficient (Wildman–Crippen LogP) is 6.67. The molecule has 142 valence electrons. The van der Waals surface area contributed by atoms with Crippen LogP contribution >= 0.6 is 27.5 Å². The van der Waals surface area contributed by atoms with Gasteiger partial charge < -0.3 is 0 Å². The van der Waals surface area contributed by atoms with E-state index in [1.54, 1.807) is 6.21 Å². The molecule has 0 spiro atoms. The van der Waals surface area contributed by atoms with Crippen molar-refractivity contribution in [3.63, 3.8) is 0 Å². The van der Waals surface area contributed by atoms with Crippen LogP contribution in [-0.2, 0) is 0 Å². The summed E-state index contributed by atoms with van der Waals surface area (Å²) in [6.45, 7) is 0. The Morgan fingerprint density at radius 1 is 0.828 bits per heavy atom. The van der Waals surface area contributed by atoms with Crippen molar-refractivity contribution in [2.45, 2.75) is 0 Å². The van der Waals surface area contributed by atoms with Gasteiger partial charge in [-0.15, -0.1) is 0 Å². The number of hydrazone groups is 1. The van der Waals surface area contributed by atoms with Crippen LogP contribution in [0, 0.1) is 0 Å². The molecule has 0 fully saturated rings. The Labute approximate surface area is 182 Å². The monoisotopic (exact) mass is 462 g/mol. The zero-order valence-corrected chi connectivity index (χ0v) is 17.6. The van der Waals surface area contributed by atoms with Gasteiger partial charge in [-0.1, -0.05) is 88.2 Å². The number of nitrogens with one attached hydrogen (secondary N) is 1. The van der Waals surface area contributed by atoms with Gasteiger partial charge in [0.1, 0.15) is 0 Å². The van der Waals surface area contributed by atoms with Gasteiger partial charge in [-0.25, -0.2) is 9.97 Å². The zero-order chi connectivity index (χ0) is 20.1. The molecule has 1 N–H and O–H groups in total. The maximum atomic E-state index is 6.18. The number of aromatic nitrogens is 2. The molecule has 0 bridgehead atoms. The fourth-order valence-corrected chi connectivity index (χ4v) is 3.19. The number of hydrogen-bond donors (Lipinski definition) is 1. The predicted molar refractivity (Wildman–Crippen MR) is 123 cm³/mol. The number of anilines is 1. The molecule has 3 aromatic carbocycles. The number of hydrogen-bond acceptors (Lipinski definition) is 4. The van der Waals surface area contributed by atoms with Crippen LogP contribution in [0.15, 0.2) is 94.5 Å². The molecule has 1 heterocycles. The first kappa shape index (κ1) is 19.3. The molecule has 0 amide bonds. The summed E-state index contributed by atoms with van der Waals surface area (Å²) in [5.41, 5.74) is 6.57. The fourth-order valence-electron chi connectivity index (χ4n) is 2.74. The first-order chi connectivity index (χ1) is 14.2. The second-order valence-electron chi connectivity index (χ2n) is 6.23. The summed E-state index contributed by atoms with van der Waals surface area (Å²) in [6, 6.07) is 27.3. The first-order valence-electron chi connectivity index (χ1n) is 8.93. The van der Waals surface area contributed by atoms with Crippen LogP contribution in [0.25, 0.3) is 22.6 Å². The maximum Gasteiger partial charge on any atom is 0.162 e. The van der Waals surface area contributed by atoms with Gasteiger partial charge in [-0.05, 0) is 18.2 Å². The van der Waals surface area contributed by atoms with Gasteiger partial charge in [0.25, 0.3) is 0 Å². The van der Waals surface area contributed by atoms with E-state index in [9.17, 15) is 0 Å². The van der Waals surface area contributed by atoms with Crippen molar-refractivity contribution in [2.24, 2.45) is 5.10 Å².